The minimum Gasteiger partial charge on any atom is -0.351 e. The Balaban J connectivity index is 2.11. The molecule has 0 radical (unpaired) electrons. The molecule has 2 aromatic rings. The van der Waals surface area contributed by atoms with E-state index in [2.05, 4.69) is 10.3 Å². The molecule has 1 N–H and O–H groups in total. The number of benzene rings is 1. The maximum atomic E-state index is 12.8. The van der Waals surface area contributed by atoms with Crippen LogP contribution >= 0.6 is 11.6 Å². The zero-order valence-corrected chi connectivity index (χ0v) is 13.9. The normalized spacial score (nSPS) is 12.1. The zero-order chi connectivity index (χ0) is 18.0. The number of nitrogens with zero attached hydrogens (tertiary/aromatic N) is 1. The first-order valence-corrected chi connectivity index (χ1v) is 7.55. The third-order valence-corrected chi connectivity index (χ3v) is 3.88. The predicted molar refractivity (Wildman–Crippen MR) is 86.1 cm³/mol. The molecule has 2 rings (SSSR count). The first-order chi connectivity index (χ1) is 11.1. The van der Waals surface area contributed by atoms with E-state index in [0.717, 1.165) is 12.1 Å². The SMILES string of the molecule is CC(C)(CNC(=O)c1ccc(Cl)nc1)c1cccc(C(F)(F)F)c1. The van der Waals surface area contributed by atoms with Gasteiger partial charge in [-0.2, -0.15) is 13.2 Å². The second kappa shape index (κ2) is 6.81. The lowest BCUT2D eigenvalue weighted by Crippen LogP contribution is -2.36. The fourth-order valence-electron chi connectivity index (χ4n) is 2.13. The average Bonchev–Trinajstić information content (AvgIpc) is 2.53. The van der Waals surface area contributed by atoms with Crippen molar-refractivity contribution in [1.82, 2.24) is 10.3 Å². The molecule has 1 heterocycles. The summed E-state index contributed by atoms with van der Waals surface area (Å²) in [5.74, 6) is -0.362. The fourth-order valence-corrected chi connectivity index (χ4v) is 2.24. The van der Waals surface area contributed by atoms with Crippen LogP contribution in [0.3, 0.4) is 0 Å². The molecule has 0 saturated carbocycles. The van der Waals surface area contributed by atoms with E-state index in [4.69, 9.17) is 11.6 Å². The Kier molecular flexibility index (Phi) is 5.18. The van der Waals surface area contributed by atoms with Gasteiger partial charge in [-0.3, -0.25) is 4.79 Å². The van der Waals surface area contributed by atoms with Crippen molar-refractivity contribution >= 4 is 17.5 Å². The molecule has 0 aliphatic rings. The Morgan fingerprint density at radius 2 is 1.83 bits per heavy atom. The van der Waals surface area contributed by atoms with Crippen molar-refractivity contribution in [1.29, 1.82) is 0 Å². The predicted octanol–water partition coefficient (Wildman–Crippen LogP) is 4.46. The molecule has 0 saturated heterocycles. The third-order valence-electron chi connectivity index (χ3n) is 3.65. The number of halogens is 4. The van der Waals surface area contributed by atoms with Gasteiger partial charge in [0, 0.05) is 18.2 Å². The van der Waals surface area contributed by atoms with Crippen molar-refractivity contribution in [3.63, 3.8) is 0 Å². The first kappa shape index (κ1) is 18.3. The Labute approximate surface area is 142 Å². The van der Waals surface area contributed by atoms with Crippen molar-refractivity contribution in [2.75, 3.05) is 6.54 Å². The number of hydrogen-bond donors (Lipinski definition) is 1. The topological polar surface area (TPSA) is 42.0 Å². The van der Waals surface area contributed by atoms with Crippen molar-refractivity contribution in [3.05, 3.63) is 64.4 Å². The van der Waals surface area contributed by atoms with Crippen LogP contribution in [0.5, 0.6) is 0 Å². The molecule has 1 amide bonds. The molecule has 24 heavy (non-hydrogen) atoms. The van der Waals surface area contributed by atoms with E-state index in [1.54, 1.807) is 19.9 Å². The van der Waals surface area contributed by atoms with Crippen molar-refractivity contribution in [2.24, 2.45) is 0 Å². The molecular formula is C17H16ClF3N2O. The van der Waals surface area contributed by atoms with E-state index in [1.807, 2.05) is 0 Å². The van der Waals surface area contributed by atoms with Crippen LogP contribution in [0.15, 0.2) is 42.6 Å². The second-order valence-corrected chi connectivity index (χ2v) is 6.40. The van der Waals surface area contributed by atoms with E-state index < -0.39 is 17.2 Å². The fraction of sp³-hybridized carbons (Fsp3) is 0.294. The second-order valence-electron chi connectivity index (χ2n) is 6.01. The van der Waals surface area contributed by atoms with Crippen LogP contribution in [-0.4, -0.2) is 17.4 Å². The molecule has 0 bridgehead atoms. The summed E-state index contributed by atoms with van der Waals surface area (Å²) >= 11 is 5.66. The molecule has 0 aliphatic heterocycles. The molecular weight excluding hydrogens is 341 g/mol. The lowest BCUT2D eigenvalue weighted by Gasteiger charge is -2.26. The van der Waals surface area contributed by atoms with Crippen molar-refractivity contribution in [3.8, 4) is 0 Å². The molecule has 7 heteroatoms. The summed E-state index contributed by atoms with van der Waals surface area (Å²) < 4.78 is 38.5. The van der Waals surface area contributed by atoms with Crippen LogP contribution in [0.1, 0.15) is 35.3 Å². The summed E-state index contributed by atoms with van der Waals surface area (Å²) in [5.41, 5.74) is -0.552. The van der Waals surface area contributed by atoms with Crippen LogP contribution in [0, 0.1) is 0 Å². The average molecular weight is 357 g/mol. The monoisotopic (exact) mass is 356 g/mol. The molecule has 0 aliphatic carbocycles. The van der Waals surface area contributed by atoms with Gasteiger partial charge in [-0.25, -0.2) is 4.98 Å². The lowest BCUT2D eigenvalue weighted by atomic mass is 9.83. The highest BCUT2D eigenvalue weighted by atomic mass is 35.5. The summed E-state index contributed by atoms with van der Waals surface area (Å²) in [6.45, 7) is 3.71. The summed E-state index contributed by atoms with van der Waals surface area (Å²) in [5, 5.41) is 2.99. The Morgan fingerprint density at radius 1 is 1.17 bits per heavy atom. The van der Waals surface area contributed by atoms with Gasteiger partial charge in [-0.15, -0.1) is 0 Å². The highest BCUT2D eigenvalue weighted by molar-refractivity contribution is 6.29. The summed E-state index contributed by atoms with van der Waals surface area (Å²) in [4.78, 5) is 15.9. The Hall–Kier alpha value is -2.08. The van der Waals surface area contributed by atoms with E-state index in [-0.39, 0.29) is 17.6 Å². The van der Waals surface area contributed by atoms with Gasteiger partial charge >= 0.3 is 6.18 Å². The quantitative estimate of drug-likeness (QED) is 0.822. The Bertz CT molecular complexity index is 727. The number of alkyl halides is 3. The molecule has 1 aromatic carbocycles. The number of carbonyl (C=O) groups is 1. The van der Waals surface area contributed by atoms with Gasteiger partial charge in [-0.1, -0.05) is 43.6 Å². The highest BCUT2D eigenvalue weighted by Gasteiger charge is 2.32. The van der Waals surface area contributed by atoms with Crippen molar-refractivity contribution < 1.29 is 18.0 Å². The zero-order valence-electron chi connectivity index (χ0n) is 13.1. The van der Waals surface area contributed by atoms with E-state index in [0.29, 0.717) is 11.1 Å². The number of hydrogen-bond acceptors (Lipinski definition) is 2. The van der Waals surface area contributed by atoms with Gasteiger partial charge in [-0.05, 0) is 23.8 Å². The summed E-state index contributed by atoms with van der Waals surface area (Å²) in [6, 6.07) is 8.14. The molecule has 0 spiro atoms. The maximum Gasteiger partial charge on any atom is 0.416 e. The van der Waals surface area contributed by atoms with E-state index >= 15 is 0 Å². The van der Waals surface area contributed by atoms with Gasteiger partial charge in [0.2, 0.25) is 0 Å². The van der Waals surface area contributed by atoms with Gasteiger partial charge in [0.05, 0.1) is 11.1 Å². The van der Waals surface area contributed by atoms with Gasteiger partial charge in [0.25, 0.3) is 5.91 Å². The van der Waals surface area contributed by atoms with Gasteiger partial charge < -0.3 is 5.32 Å². The first-order valence-electron chi connectivity index (χ1n) is 7.17. The van der Waals surface area contributed by atoms with Crippen LogP contribution in [0.2, 0.25) is 5.15 Å². The van der Waals surface area contributed by atoms with Crippen LogP contribution < -0.4 is 5.32 Å². The molecule has 3 nitrogen and oxygen atoms in total. The number of rotatable bonds is 4. The van der Waals surface area contributed by atoms with E-state index in [1.165, 1.54) is 24.4 Å². The van der Waals surface area contributed by atoms with Crippen LogP contribution in [0.4, 0.5) is 13.2 Å². The number of pyridine rings is 1. The largest absolute Gasteiger partial charge is 0.416 e. The van der Waals surface area contributed by atoms with Crippen molar-refractivity contribution in [2.45, 2.75) is 25.4 Å². The molecule has 0 atom stereocenters. The number of aromatic nitrogens is 1. The molecule has 128 valence electrons. The third kappa shape index (κ3) is 4.47. The smallest absolute Gasteiger partial charge is 0.351 e. The van der Waals surface area contributed by atoms with E-state index in [9.17, 15) is 18.0 Å². The maximum absolute atomic E-state index is 12.8. The minimum atomic E-state index is -4.40. The number of carbonyl (C=O) groups excluding carboxylic acids is 1. The molecule has 0 fully saturated rings. The number of nitrogens with one attached hydrogen (secondary N) is 1. The number of amides is 1. The minimum absolute atomic E-state index is 0.176. The standard InChI is InChI=1S/C17H16ClF3N2O/c1-16(2,12-4-3-5-13(8-12)17(19,20)21)10-23-15(24)11-6-7-14(18)22-9-11/h3-9H,10H2,1-2H3,(H,23,24). The molecule has 0 unspecified atom stereocenters. The van der Waals surface area contributed by atoms with Gasteiger partial charge in [0.1, 0.15) is 5.15 Å². The summed E-state index contributed by atoms with van der Waals surface area (Å²) in [6.07, 6.45) is -3.06. The lowest BCUT2D eigenvalue weighted by molar-refractivity contribution is -0.137. The highest BCUT2D eigenvalue weighted by Crippen LogP contribution is 2.32. The summed E-state index contributed by atoms with van der Waals surface area (Å²) in [7, 11) is 0. The Morgan fingerprint density at radius 3 is 2.42 bits per heavy atom. The van der Waals surface area contributed by atoms with Crippen LogP contribution in [-0.2, 0) is 11.6 Å². The molecule has 1 aromatic heterocycles. The van der Waals surface area contributed by atoms with Crippen LogP contribution in [0.25, 0.3) is 0 Å². The van der Waals surface area contributed by atoms with Gasteiger partial charge in [0.15, 0.2) is 0 Å².